The smallest absolute Gasteiger partial charge is 0.138 e. The van der Waals surface area contributed by atoms with Crippen molar-refractivity contribution in [3.63, 3.8) is 0 Å². The van der Waals surface area contributed by atoms with Gasteiger partial charge in [0.1, 0.15) is 36.9 Å². The normalized spacial score (nSPS) is 19.6. The van der Waals surface area contributed by atoms with Crippen molar-refractivity contribution < 1.29 is 18.9 Å². The number of halogens is 2. The van der Waals surface area contributed by atoms with Crippen molar-refractivity contribution in [2.75, 3.05) is 26.4 Å². The van der Waals surface area contributed by atoms with Crippen molar-refractivity contribution in [1.82, 2.24) is 9.78 Å². The standard InChI is InChI=1S/C22H20Cl2N2O4/c1-26-20(14-3-5-22(18(24)7-14)30-12-16-10-28-16)8-19(25-26)13-2-4-21(17(23)6-13)29-11-15-9-27-15/h2-8,15-16H,9-12H2,1H3. The highest BCUT2D eigenvalue weighted by Gasteiger charge is 2.24. The molecule has 156 valence electrons. The molecule has 2 aliphatic heterocycles. The maximum absolute atomic E-state index is 6.42. The summed E-state index contributed by atoms with van der Waals surface area (Å²) in [5, 5.41) is 5.74. The van der Waals surface area contributed by atoms with E-state index >= 15 is 0 Å². The Bertz CT molecular complexity index is 1080. The highest BCUT2D eigenvalue weighted by molar-refractivity contribution is 6.32. The lowest BCUT2D eigenvalue weighted by Gasteiger charge is -2.08. The van der Waals surface area contributed by atoms with Crippen LogP contribution in [0.15, 0.2) is 42.5 Å². The lowest BCUT2D eigenvalue weighted by molar-refractivity contribution is 0.263. The van der Waals surface area contributed by atoms with Gasteiger partial charge in [-0.15, -0.1) is 0 Å². The summed E-state index contributed by atoms with van der Waals surface area (Å²) in [6, 6.07) is 13.4. The number of hydrogen-bond donors (Lipinski definition) is 0. The summed E-state index contributed by atoms with van der Waals surface area (Å²) in [6.45, 7) is 2.53. The maximum Gasteiger partial charge on any atom is 0.138 e. The molecule has 3 aromatic rings. The minimum atomic E-state index is 0.185. The van der Waals surface area contributed by atoms with Crippen LogP contribution in [0.2, 0.25) is 10.0 Å². The zero-order chi connectivity index (χ0) is 20.7. The van der Waals surface area contributed by atoms with Crippen molar-refractivity contribution in [3.05, 3.63) is 52.5 Å². The molecule has 0 amide bonds. The van der Waals surface area contributed by atoms with Crippen LogP contribution in [0.5, 0.6) is 11.5 Å². The van der Waals surface area contributed by atoms with Crippen LogP contribution in [0.3, 0.4) is 0 Å². The summed E-state index contributed by atoms with van der Waals surface area (Å²) in [7, 11) is 1.90. The van der Waals surface area contributed by atoms with E-state index in [1.807, 2.05) is 54.2 Å². The van der Waals surface area contributed by atoms with Gasteiger partial charge in [0.25, 0.3) is 0 Å². The third-order valence-electron chi connectivity index (χ3n) is 4.99. The third-order valence-corrected chi connectivity index (χ3v) is 5.58. The van der Waals surface area contributed by atoms with Crippen molar-refractivity contribution >= 4 is 23.2 Å². The number of epoxide rings is 2. The lowest BCUT2D eigenvalue weighted by atomic mass is 10.1. The van der Waals surface area contributed by atoms with E-state index < -0.39 is 0 Å². The summed E-state index contributed by atoms with van der Waals surface area (Å²) in [4.78, 5) is 0. The topological polar surface area (TPSA) is 61.3 Å². The summed E-state index contributed by atoms with van der Waals surface area (Å²) in [5.74, 6) is 1.29. The first-order valence-corrected chi connectivity index (χ1v) is 10.4. The minimum Gasteiger partial charge on any atom is -0.489 e. The van der Waals surface area contributed by atoms with Crippen LogP contribution in [0, 0.1) is 0 Å². The second-order valence-corrected chi connectivity index (χ2v) is 8.18. The molecule has 5 rings (SSSR count). The molecule has 2 unspecified atom stereocenters. The zero-order valence-corrected chi connectivity index (χ0v) is 17.8. The van der Waals surface area contributed by atoms with E-state index in [0.29, 0.717) is 34.8 Å². The second kappa shape index (κ2) is 8.12. The fourth-order valence-electron chi connectivity index (χ4n) is 3.13. The van der Waals surface area contributed by atoms with Gasteiger partial charge >= 0.3 is 0 Å². The Morgan fingerprint density at radius 1 is 0.900 bits per heavy atom. The molecule has 0 N–H and O–H groups in total. The Hall–Kier alpha value is -2.25. The molecule has 3 heterocycles. The SMILES string of the molecule is Cn1nc(-c2ccc(OCC3CO3)c(Cl)c2)cc1-c1ccc(OCC2CO2)c(Cl)c1. The van der Waals surface area contributed by atoms with Gasteiger partial charge in [0.2, 0.25) is 0 Å². The van der Waals surface area contributed by atoms with Crippen molar-refractivity contribution in [3.8, 4) is 34.0 Å². The largest absolute Gasteiger partial charge is 0.489 e. The van der Waals surface area contributed by atoms with Gasteiger partial charge < -0.3 is 18.9 Å². The van der Waals surface area contributed by atoms with Crippen LogP contribution in [-0.4, -0.2) is 48.4 Å². The minimum absolute atomic E-state index is 0.185. The van der Waals surface area contributed by atoms with Gasteiger partial charge in [0, 0.05) is 18.2 Å². The molecule has 1 aromatic heterocycles. The summed E-state index contributed by atoms with van der Waals surface area (Å²) >= 11 is 12.8. The van der Waals surface area contributed by atoms with Gasteiger partial charge in [0.05, 0.1) is 34.6 Å². The number of hydrogen-bond acceptors (Lipinski definition) is 5. The molecule has 2 saturated heterocycles. The summed E-state index contributed by atoms with van der Waals surface area (Å²) < 4.78 is 23.5. The molecule has 0 aliphatic carbocycles. The highest BCUT2D eigenvalue weighted by atomic mass is 35.5. The fraction of sp³-hybridized carbons (Fsp3) is 0.318. The molecule has 8 heteroatoms. The predicted molar refractivity (Wildman–Crippen MR) is 115 cm³/mol. The average Bonchev–Trinajstić information content (AvgIpc) is 3.65. The van der Waals surface area contributed by atoms with E-state index in [4.69, 9.17) is 42.1 Å². The monoisotopic (exact) mass is 446 g/mol. The van der Waals surface area contributed by atoms with E-state index in [-0.39, 0.29) is 12.2 Å². The number of benzene rings is 2. The zero-order valence-electron chi connectivity index (χ0n) is 16.3. The molecule has 6 nitrogen and oxygen atoms in total. The quantitative estimate of drug-likeness (QED) is 0.472. The Balaban J connectivity index is 1.35. The van der Waals surface area contributed by atoms with Gasteiger partial charge in [-0.25, -0.2) is 0 Å². The molecule has 30 heavy (non-hydrogen) atoms. The van der Waals surface area contributed by atoms with Crippen molar-refractivity contribution in [2.24, 2.45) is 7.05 Å². The highest BCUT2D eigenvalue weighted by Crippen LogP contribution is 2.34. The number of aryl methyl sites for hydroxylation is 1. The van der Waals surface area contributed by atoms with Crippen LogP contribution in [0.25, 0.3) is 22.5 Å². The molecule has 0 saturated carbocycles. The summed E-state index contributed by atoms with van der Waals surface area (Å²) in [6.07, 6.45) is 0.371. The van der Waals surface area contributed by atoms with E-state index in [0.717, 1.165) is 35.7 Å². The average molecular weight is 447 g/mol. The van der Waals surface area contributed by atoms with Gasteiger partial charge in [-0.3, -0.25) is 4.68 Å². The lowest BCUT2D eigenvalue weighted by Crippen LogP contribution is -2.04. The fourth-order valence-corrected chi connectivity index (χ4v) is 3.60. The first-order valence-electron chi connectivity index (χ1n) is 9.69. The first-order chi connectivity index (χ1) is 14.6. The molecule has 2 atom stereocenters. The number of nitrogens with zero attached hydrogens (tertiary/aromatic N) is 2. The Morgan fingerprint density at radius 2 is 1.43 bits per heavy atom. The Kier molecular flexibility index (Phi) is 5.33. The molecule has 2 fully saturated rings. The van der Waals surface area contributed by atoms with Crippen LogP contribution in [0.1, 0.15) is 0 Å². The molecule has 0 spiro atoms. The van der Waals surface area contributed by atoms with E-state index in [1.54, 1.807) is 0 Å². The van der Waals surface area contributed by atoms with E-state index in [9.17, 15) is 0 Å². The molecule has 2 aromatic carbocycles. The van der Waals surface area contributed by atoms with Crippen molar-refractivity contribution in [1.29, 1.82) is 0 Å². The molecular weight excluding hydrogens is 427 g/mol. The molecule has 0 radical (unpaired) electrons. The maximum atomic E-state index is 6.42. The van der Waals surface area contributed by atoms with Crippen LogP contribution in [0.4, 0.5) is 0 Å². The van der Waals surface area contributed by atoms with Gasteiger partial charge in [-0.05, 0) is 42.5 Å². The number of rotatable bonds is 8. The second-order valence-electron chi connectivity index (χ2n) is 7.36. The van der Waals surface area contributed by atoms with Crippen LogP contribution in [-0.2, 0) is 16.5 Å². The summed E-state index contributed by atoms with van der Waals surface area (Å²) in [5.41, 5.74) is 3.61. The number of ether oxygens (including phenoxy) is 4. The van der Waals surface area contributed by atoms with Gasteiger partial charge in [-0.1, -0.05) is 23.2 Å². The molecule has 0 bridgehead atoms. The molecular formula is C22H20Cl2N2O4. The predicted octanol–water partition coefficient (Wildman–Crippen LogP) is 4.62. The van der Waals surface area contributed by atoms with Gasteiger partial charge in [-0.2, -0.15) is 5.10 Å². The van der Waals surface area contributed by atoms with Gasteiger partial charge in [0.15, 0.2) is 0 Å². The molecule has 2 aliphatic rings. The van der Waals surface area contributed by atoms with E-state index in [1.165, 1.54) is 0 Å². The van der Waals surface area contributed by atoms with E-state index in [2.05, 4.69) is 5.10 Å². The van der Waals surface area contributed by atoms with Crippen LogP contribution < -0.4 is 9.47 Å². The van der Waals surface area contributed by atoms with Crippen molar-refractivity contribution in [2.45, 2.75) is 12.2 Å². The Labute approximate surface area is 184 Å². The third kappa shape index (κ3) is 4.42. The van der Waals surface area contributed by atoms with Crippen LogP contribution >= 0.6 is 23.2 Å². The Morgan fingerprint density at radius 3 is 1.97 bits per heavy atom. The first kappa shape index (κ1) is 19.7. The number of aromatic nitrogens is 2.